The molecular formula is C15H14ClNS. The summed E-state index contributed by atoms with van der Waals surface area (Å²) in [5.74, 6) is 0. The van der Waals surface area contributed by atoms with Crippen molar-refractivity contribution in [2.75, 3.05) is 0 Å². The fourth-order valence-corrected chi connectivity index (χ4v) is 3.72. The Balaban J connectivity index is 1.78. The third kappa shape index (κ3) is 2.28. The lowest BCUT2D eigenvalue weighted by atomic mass is 10.1. The van der Waals surface area contributed by atoms with Gasteiger partial charge in [0, 0.05) is 21.2 Å². The Kier molecular flexibility index (Phi) is 3.33. The first-order valence-corrected chi connectivity index (χ1v) is 7.25. The monoisotopic (exact) mass is 275 g/mol. The van der Waals surface area contributed by atoms with Crippen LogP contribution < -0.4 is 5.73 Å². The summed E-state index contributed by atoms with van der Waals surface area (Å²) in [6.45, 7) is 0. The lowest BCUT2D eigenvalue weighted by Gasteiger charge is -2.15. The van der Waals surface area contributed by atoms with Crippen molar-refractivity contribution >= 4 is 23.4 Å². The van der Waals surface area contributed by atoms with E-state index >= 15 is 0 Å². The average Bonchev–Trinajstić information content (AvgIpc) is 2.70. The first kappa shape index (κ1) is 12.1. The summed E-state index contributed by atoms with van der Waals surface area (Å²) >= 11 is 7.74. The SMILES string of the molecule is NC1c2ccccc2CC1Sc1ccc(Cl)cc1. The van der Waals surface area contributed by atoms with Gasteiger partial charge in [-0.1, -0.05) is 35.9 Å². The zero-order valence-corrected chi connectivity index (χ0v) is 11.4. The van der Waals surface area contributed by atoms with Gasteiger partial charge in [-0.3, -0.25) is 0 Å². The molecule has 2 aromatic carbocycles. The maximum atomic E-state index is 6.32. The first-order chi connectivity index (χ1) is 8.74. The van der Waals surface area contributed by atoms with Crippen LogP contribution in [-0.4, -0.2) is 5.25 Å². The zero-order valence-electron chi connectivity index (χ0n) is 9.84. The molecule has 0 fully saturated rings. The molecule has 1 aliphatic carbocycles. The van der Waals surface area contributed by atoms with Gasteiger partial charge in [-0.15, -0.1) is 11.8 Å². The van der Waals surface area contributed by atoms with Gasteiger partial charge in [0.25, 0.3) is 0 Å². The molecule has 0 bridgehead atoms. The summed E-state index contributed by atoms with van der Waals surface area (Å²) in [6, 6.07) is 16.6. The van der Waals surface area contributed by atoms with Crippen molar-refractivity contribution in [3.8, 4) is 0 Å². The second-order valence-electron chi connectivity index (χ2n) is 4.54. The molecule has 2 atom stereocenters. The van der Waals surface area contributed by atoms with Gasteiger partial charge in [0.1, 0.15) is 0 Å². The molecule has 0 aromatic heterocycles. The highest BCUT2D eigenvalue weighted by molar-refractivity contribution is 8.00. The van der Waals surface area contributed by atoms with Crippen molar-refractivity contribution in [1.82, 2.24) is 0 Å². The maximum Gasteiger partial charge on any atom is 0.0425 e. The molecule has 3 heteroatoms. The second kappa shape index (κ2) is 4.96. The van der Waals surface area contributed by atoms with Crippen LogP contribution in [0.1, 0.15) is 17.2 Å². The van der Waals surface area contributed by atoms with Gasteiger partial charge < -0.3 is 5.73 Å². The van der Waals surface area contributed by atoms with Gasteiger partial charge in [0.05, 0.1) is 0 Å². The van der Waals surface area contributed by atoms with Crippen LogP contribution in [0.3, 0.4) is 0 Å². The highest BCUT2D eigenvalue weighted by Crippen LogP contribution is 2.40. The smallest absolute Gasteiger partial charge is 0.0425 e. The number of benzene rings is 2. The largest absolute Gasteiger partial charge is 0.323 e. The minimum absolute atomic E-state index is 0.127. The van der Waals surface area contributed by atoms with Gasteiger partial charge >= 0.3 is 0 Å². The van der Waals surface area contributed by atoms with E-state index in [1.54, 1.807) is 0 Å². The van der Waals surface area contributed by atoms with Crippen LogP contribution in [-0.2, 0) is 6.42 Å². The second-order valence-corrected chi connectivity index (χ2v) is 6.29. The van der Waals surface area contributed by atoms with Crippen molar-refractivity contribution in [2.45, 2.75) is 22.6 Å². The summed E-state index contributed by atoms with van der Waals surface area (Å²) in [4.78, 5) is 1.23. The van der Waals surface area contributed by atoms with Crippen LogP contribution in [0.15, 0.2) is 53.4 Å². The molecular weight excluding hydrogens is 262 g/mol. The van der Waals surface area contributed by atoms with Crippen LogP contribution >= 0.6 is 23.4 Å². The molecule has 2 unspecified atom stereocenters. The van der Waals surface area contributed by atoms with Gasteiger partial charge in [-0.25, -0.2) is 0 Å². The number of nitrogens with two attached hydrogens (primary N) is 1. The van der Waals surface area contributed by atoms with E-state index in [9.17, 15) is 0 Å². The highest BCUT2D eigenvalue weighted by atomic mass is 35.5. The molecule has 0 amide bonds. The molecule has 0 saturated carbocycles. The van der Waals surface area contributed by atoms with E-state index in [2.05, 4.69) is 36.4 Å². The van der Waals surface area contributed by atoms with Crippen LogP contribution in [0.2, 0.25) is 5.02 Å². The standard InChI is InChI=1S/C15H14ClNS/c16-11-5-7-12(8-6-11)18-14-9-10-3-1-2-4-13(10)15(14)17/h1-8,14-15H,9,17H2. The lowest BCUT2D eigenvalue weighted by molar-refractivity contribution is 0.731. The average molecular weight is 276 g/mol. The molecule has 0 spiro atoms. The Morgan fingerprint density at radius 1 is 1.06 bits per heavy atom. The third-order valence-electron chi connectivity index (χ3n) is 3.34. The molecule has 0 radical (unpaired) electrons. The van der Waals surface area contributed by atoms with Crippen LogP contribution in [0.5, 0.6) is 0 Å². The van der Waals surface area contributed by atoms with E-state index in [0.717, 1.165) is 11.4 Å². The van der Waals surface area contributed by atoms with Crippen molar-refractivity contribution in [1.29, 1.82) is 0 Å². The van der Waals surface area contributed by atoms with E-state index in [1.807, 2.05) is 23.9 Å². The molecule has 18 heavy (non-hydrogen) atoms. The van der Waals surface area contributed by atoms with E-state index in [4.69, 9.17) is 17.3 Å². The molecule has 1 nitrogen and oxygen atoms in total. The van der Waals surface area contributed by atoms with E-state index in [-0.39, 0.29) is 6.04 Å². The fraction of sp³-hybridized carbons (Fsp3) is 0.200. The van der Waals surface area contributed by atoms with Crippen LogP contribution in [0.4, 0.5) is 0 Å². The van der Waals surface area contributed by atoms with Gasteiger partial charge in [-0.05, 0) is 41.8 Å². The number of hydrogen-bond donors (Lipinski definition) is 1. The highest BCUT2D eigenvalue weighted by Gasteiger charge is 2.29. The Hall–Kier alpha value is -0.960. The van der Waals surface area contributed by atoms with Gasteiger partial charge in [0.2, 0.25) is 0 Å². The third-order valence-corrected chi connectivity index (χ3v) is 4.90. The summed E-state index contributed by atoms with van der Waals surface area (Å²) in [7, 11) is 0. The Bertz CT molecular complexity index is 553. The minimum atomic E-state index is 0.127. The molecule has 2 N–H and O–H groups in total. The Labute approximate surface area is 116 Å². The topological polar surface area (TPSA) is 26.0 Å². The van der Waals surface area contributed by atoms with Gasteiger partial charge in [-0.2, -0.15) is 0 Å². The number of fused-ring (bicyclic) bond motifs is 1. The molecule has 3 rings (SSSR count). The zero-order chi connectivity index (χ0) is 12.5. The molecule has 0 saturated heterocycles. The van der Waals surface area contributed by atoms with Crippen molar-refractivity contribution in [3.05, 3.63) is 64.7 Å². The molecule has 0 heterocycles. The molecule has 0 aliphatic heterocycles. The predicted molar refractivity (Wildman–Crippen MR) is 78.2 cm³/mol. The lowest BCUT2D eigenvalue weighted by Crippen LogP contribution is -2.18. The number of hydrogen-bond acceptors (Lipinski definition) is 2. The van der Waals surface area contributed by atoms with Crippen molar-refractivity contribution in [3.63, 3.8) is 0 Å². The minimum Gasteiger partial charge on any atom is -0.323 e. The van der Waals surface area contributed by atoms with E-state index < -0.39 is 0 Å². The normalized spacial score (nSPS) is 21.9. The Morgan fingerprint density at radius 3 is 2.50 bits per heavy atom. The quantitative estimate of drug-likeness (QED) is 0.895. The molecule has 92 valence electrons. The van der Waals surface area contributed by atoms with Crippen LogP contribution in [0, 0.1) is 0 Å². The predicted octanol–water partition coefficient (Wildman–Crippen LogP) is 4.06. The number of rotatable bonds is 2. The number of halogens is 1. The van der Waals surface area contributed by atoms with Crippen molar-refractivity contribution in [2.24, 2.45) is 5.73 Å². The van der Waals surface area contributed by atoms with Gasteiger partial charge in [0.15, 0.2) is 0 Å². The molecule has 2 aromatic rings. The Morgan fingerprint density at radius 2 is 1.78 bits per heavy atom. The fourth-order valence-electron chi connectivity index (χ4n) is 2.39. The summed E-state index contributed by atoms with van der Waals surface area (Å²) in [5.41, 5.74) is 9.00. The van der Waals surface area contributed by atoms with Crippen molar-refractivity contribution < 1.29 is 0 Å². The number of thioether (sulfide) groups is 1. The first-order valence-electron chi connectivity index (χ1n) is 5.99. The summed E-state index contributed by atoms with van der Waals surface area (Å²) in [5, 5.41) is 1.20. The molecule has 1 aliphatic rings. The van der Waals surface area contributed by atoms with E-state index in [0.29, 0.717) is 5.25 Å². The van der Waals surface area contributed by atoms with E-state index in [1.165, 1.54) is 16.0 Å². The maximum absolute atomic E-state index is 6.32. The van der Waals surface area contributed by atoms with Crippen LogP contribution in [0.25, 0.3) is 0 Å². The summed E-state index contributed by atoms with van der Waals surface area (Å²) < 4.78 is 0. The summed E-state index contributed by atoms with van der Waals surface area (Å²) in [6.07, 6.45) is 1.05.